The molecule has 1 unspecified atom stereocenters. The summed E-state index contributed by atoms with van der Waals surface area (Å²) in [6, 6.07) is 3.10. The van der Waals surface area contributed by atoms with Gasteiger partial charge in [-0.15, -0.1) is 0 Å². The highest BCUT2D eigenvalue weighted by Gasteiger charge is 2.35. The molecular formula is C15H17N3O3S. The van der Waals surface area contributed by atoms with Gasteiger partial charge in [0.15, 0.2) is 9.84 Å². The highest BCUT2D eigenvalue weighted by molar-refractivity contribution is 7.95. The lowest BCUT2D eigenvalue weighted by atomic mass is 9.91. The van der Waals surface area contributed by atoms with Crippen LogP contribution < -0.4 is 11.1 Å². The molecule has 0 radical (unpaired) electrons. The van der Waals surface area contributed by atoms with Crippen molar-refractivity contribution >= 4 is 21.4 Å². The molecule has 1 saturated heterocycles. The zero-order valence-electron chi connectivity index (χ0n) is 11.9. The Labute approximate surface area is 129 Å². The minimum absolute atomic E-state index is 0.0377. The molecule has 1 aliphatic heterocycles. The second-order valence-electron chi connectivity index (χ2n) is 5.47. The van der Waals surface area contributed by atoms with E-state index in [0.29, 0.717) is 24.1 Å². The van der Waals surface area contributed by atoms with Crippen LogP contribution in [0.1, 0.15) is 12.8 Å². The summed E-state index contributed by atoms with van der Waals surface area (Å²) in [5.74, 6) is -0.703. The Morgan fingerprint density at radius 1 is 1.32 bits per heavy atom. The van der Waals surface area contributed by atoms with E-state index < -0.39 is 15.8 Å². The van der Waals surface area contributed by atoms with Gasteiger partial charge in [-0.3, -0.25) is 9.78 Å². The molecular weight excluding hydrogens is 302 g/mol. The third-order valence-corrected chi connectivity index (χ3v) is 5.76. The smallest absolute Gasteiger partial charge is 0.231 e. The van der Waals surface area contributed by atoms with Crippen molar-refractivity contribution in [3.8, 4) is 0 Å². The van der Waals surface area contributed by atoms with Crippen molar-refractivity contribution in [1.82, 2.24) is 4.98 Å². The molecule has 0 spiro atoms. The average Bonchev–Trinajstić information content (AvgIpc) is 2.52. The van der Waals surface area contributed by atoms with Gasteiger partial charge in [-0.25, -0.2) is 8.42 Å². The average molecular weight is 319 g/mol. The summed E-state index contributed by atoms with van der Waals surface area (Å²) in [5.41, 5.74) is 7.26. The standard InChI is InChI=1S/C15H17N3O3S/c16-13-5-8-22(20,21)14-9-10(1-2-12(13)14)15(19)18-11-3-6-17-7-4-11/h2-4,6-7,9-10,13H,1,5,8,16H2,(H,17,18,19)/t10?,13-/m1/s1. The zero-order valence-corrected chi connectivity index (χ0v) is 12.7. The number of fused-ring (bicyclic) bond motifs is 1. The van der Waals surface area contributed by atoms with Gasteiger partial charge in [0, 0.05) is 24.1 Å². The lowest BCUT2D eigenvalue weighted by molar-refractivity contribution is -0.118. The van der Waals surface area contributed by atoms with E-state index in [0.717, 1.165) is 0 Å². The molecule has 116 valence electrons. The van der Waals surface area contributed by atoms with Gasteiger partial charge in [-0.1, -0.05) is 12.2 Å². The number of sulfone groups is 1. The number of allylic oxidation sites excluding steroid dienone is 1. The molecule has 3 N–H and O–H groups in total. The minimum Gasteiger partial charge on any atom is -0.325 e. The maximum Gasteiger partial charge on any atom is 0.231 e. The number of aromatic nitrogens is 1. The molecule has 1 aliphatic carbocycles. The molecule has 0 bridgehead atoms. The predicted octanol–water partition coefficient (Wildman–Crippen LogP) is 0.996. The molecule has 0 aromatic carbocycles. The summed E-state index contributed by atoms with van der Waals surface area (Å²) in [4.78, 5) is 16.4. The van der Waals surface area contributed by atoms with E-state index in [4.69, 9.17) is 5.73 Å². The summed E-state index contributed by atoms with van der Waals surface area (Å²) < 4.78 is 24.4. The van der Waals surface area contributed by atoms with Crippen LogP contribution in [0.25, 0.3) is 0 Å². The second-order valence-corrected chi connectivity index (χ2v) is 7.55. The van der Waals surface area contributed by atoms with E-state index in [1.54, 1.807) is 36.7 Å². The molecule has 2 atom stereocenters. The van der Waals surface area contributed by atoms with Crippen LogP contribution in [-0.4, -0.2) is 31.1 Å². The summed E-state index contributed by atoms with van der Waals surface area (Å²) in [6.07, 6.45) is 7.38. The maximum absolute atomic E-state index is 12.3. The topological polar surface area (TPSA) is 102 Å². The number of nitrogens with one attached hydrogen (secondary N) is 1. The fourth-order valence-corrected chi connectivity index (χ4v) is 4.47. The predicted molar refractivity (Wildman–Crippen MR) is 83.5 cm³/mol. The van der Waals surface area contributed by atoms with E-state index in [-0.39, 0.29) is 22.6 Å². The van der Waals surface area contributed by atoms with Crippen LogP contribution in [0.15, 0.2) is 47.2 Å². The van der Waals surface area contributed by atoms with Crippen molar-refractivity contribution in [2.75, 3.05) is 11.1 Å². The van der Waals surface area contributed by atoms with Gasteiger partial charge in [0.05, 0.1) is 16.6 Å². The molecule has 3 rings (SSSR count). The lowest BCUT2D eigenvalue weighted by Gasteiger charge is -2.29. The van der Waals surface area contributed by atoms with Crippen molar-refractivity contribution < 1.29 is 13.2 Å². The molecule has 22 heavy (non-hydrogen) atoms. The first kappa shape index (κ1) is 14.9. The molecule has 1 aromatic rings. The van der Waals surface area contributed by atoms with Crippen LogP contribution in [-0.2, 0) is 14.6 Å². The van der Waals surface area contributed by atoms with Gasteiger partial charge >= 0.3 is 0 Å². The highest BCUT2D eigenvalue weighted by atomic mass is 32.2. The van der Waals surface area contributed by atoms with Gasteiger partial charge in [-0.05, 0) is 30.5 Å². The SMILES string of the molecule is N[C@@H]1CCS(=O)(=O)C2=CC(C(=O)Nc3ccncc3)CC=C21. The van der Waals surface area contributed by atoms with Crippen molar-refractivity contribution in [2.24, 2.45) is 11.7 Å². The van der Waals surface area contributed by atoms with Crippen LogP contribution in [0.3, 0.4) is 0 Å². The normalized spacial score (nSPS) is 26.4. The first-order valence-corrected chi connectivity index (χ1v) is 8.74. The summed E-state index contributed by atoms with van der Waals surface area (Å²) in [6.45, 7) is 0. The number of carbonyl (C=O) groups excluding carboxylic acids is 1. The molecule has 1 fully saturated rings. The van der Waals surface area contributed by atoms with Gasteiger partial charge in [0.1, 0.15) is 0 Å². The monoisotopic (exact) mass is 319 g/mol. The van der Waals surface area contributed by atoms with Gasteiger partial charge in [0.25, 0.3) is 0 Å². The van der Waals surface area contributed by atoms with E-state index in [9.17, 15) is 13.2 Å². The number of nitrogens with two attached hydrogens (primary N) is 1. The number of hydrogen-bond acceptors (Lipinski definition) is 5. The van der Waals surface area contributed by atoms with E-state index >= 15 is 0 Å². The number of rotatable bonds is 2. The fourth-order valence-electron chi connectivity index (χ4n) is 2.72. The lowest BCUT2D eigenvalue weighted by Crippen LogP contribution is -2.36. The molecule has 2 heterocycles. The van der Waals surface area contributed by atoms with Crippen LogP contribution in [0.5, 0.6) is 0 Å². The van der Waals surface area contributed by atoms with Gasteiger partial charge in [-0.2, -0.15) is 0 Å². The van der Waals surface area contributed by atoms with Crippen molar-refractivity contribution in [1.29, 1.82) is 0 Å². The number of hydrogen-bond donors (Lipinski definition) is 2. The highest BCUT2D eigenvalue weighted by Crippen LogP contribution is 2.34. The van der Waals surface area contributed by atoms with Crippen molar-refractivity contribution in [3.05, 3.63) is 47.2 Å². The van der Waals surface area contributed by atoms with E-state index in [2.05, 4.69) is 10.3 Å². The van der Waals surface area contributed by atoms with Gasteiger partial charge in [0.2, 0.25) is 5.91 Å². The molecule has 1 aromatic heterocycles. The van der Waals surface area contributed by atoms with Crippen LogP contribution in [0.2, 0.25) is 0 Å². The molecule has 2 aliphatic rings. The third kappa shape index (κ3) is 2.82. The number of anilines is 1. The summed E-state index contributed by atoms with van der Waals surface area (Å²) in [5, 5.41) is 2.77. The molecule has 1 amide bonds. The molecule has 7 heteroatoms. The van der Waals surface area contributed by atoms with Crippen molar-refractivity contribution in [3.63, 3.8) is 0 Å². The van der Waals surface area contributed by atoms with Crippen LogP contribution >= 0.6 is 0 Å². The van der Waals surface area contributed by atoms with Crippen LogP contribution in [0, 0.1) is 5.92 Å². The number of pyridine rings is 1. The quantitative estimate of drug-likeness (QED) is 0.846. The van der Waals surface area contributed by atoms with E-state index in [1.165, 1.54) is 0 Å². The Bertz CT molecular complexity index is 753. The Hall–Kier alpha value is -1.99. The summed E-state index contributed by atoms with van der Waals surface area (Å²) >= 11 is 0. The Balaban J connectivity index is 1.83. The molecule has 0 saturated carbocycles. The van der Waals surface area contributed by atoms with Crippen LogP contribution in [0.4, 0.5) is 5.69 Å². The Morgan fingerprint density at radius 2 is 2.05 bits per heavy atom. The van der Waals surface area contributed by atoms with Gasteiger partial charge < -0.3 is 11.1 Å². The third-order valence-electron chi connectivity index (χ3n) is 3.95. The zero-order chi connectivity index (χ0) is 15.7. The van der Waals surface area contributed by atoms with Crippen molar-refractivity contribution in [2.45, 2.75) is 18.9 Å². The number of amides is 1. The molecule has 6 nitrogen and oxygen atoms in total. The Morgan fingerprint density at radius 3 is 2.77 bits per heavy atom. The first-order chi connectivity index (χ1) is 10.5. The number of carbonyl (C=O) groups is 1. The maximum atomic E-state index is 12.3. The Kier molecular flexibility index (Phi) is 3.84. The first-order valence-electron chi connectivity index (χ1n) is 7.09. The largest absolute Gasteiger partial charge is 0.325 e. The minimum atomic E-state index is -3.33. The fraction of sp³-hybridized carbons (Fsp3) is 0.333. The van der Waals surface area contributed by atoms with E-state index in [1.807, 2.05) is 0 Å². The second kappa shape index (κ2) is 5.66. The summed E-state index contributed by atoms with van der Waals surface area (Å²) in [7, 11) is -3.33. The number of nitrogens with zero attached hydrogens (tertiary/aromatic N) is 1.